The van der Waals surface area contributed by atoms with Crippen LogP contribution in [0.4, 0.5) is 10.6 Å². The molecule has 5 rings (SSSR count). The van der Waals surface area contributed by atoms with Gasteiger partial charge in [-0.15, -0.1) is 0 Å². The van der Waals surface area contributed by atoms with E-state index in [1.807, 2.05) is 21.6 Å². The Balaban J connectivity index is 1.17. The first-order chi connectivity index (χ1) is 19.5. The molecule has 12 nitrogen and oxygen atoms in total. The number of nitrogen functional groups attached to an aromatic ring is 1. The monoisotopic (exact) mass is 647 g/mol. The summed E-state index contributed by atoms with van der Waals surface area (Å²) in [6.45, 7) is 9.25. The minimum atomic E-state index is -0.646. The number of halogens is 1. The van der Waals surface area contributed by atoms with Crippen molar-refractivity contribution in [2.24, 2.45) is 5.92 Å². The minimum Gasteiger partial charge on any atom is -0.454 e. The maximum atomic E-state index is 12.9. The Morgan fingerprint density at radius 2 is 1.93 bits per heavy atom. The largest absolute Gasteiger partial charge is 0.454 e. The molecule has 0 aliphatic carbocycles. The van der Waals surface area contributed by atoms with Crippen molar-refractivity contribution in [1.29, 1.82) is 0 Å². The van der Waals surface area contributed by atoms with Crippen molar-refractivity contribution in [3.8, 4) is 23.0 Å². The molecule has 2 amide bonds. The third kappa shape index (κ3) is 6.97. The van der Waals surface area contributed by atoms with Gasteiger partial charge in [0.2, 0.25) is 12.7 Å². The van der Waals surface area contributed by atoms with Gasteiger partial charge in [-0.3, -0.25) is 4.79 Å². The van der Waals surface area contributed by atoms with Crippen molar-refractivity contribution in [2.45, 2.75) is 75.2 Å². The SMILES string of the molecule is C[C@H](NC(=O)OC(C)(C)C)C(=O)N1CCC(CCn2cnc(N)c3nc(Sc4cc5c(cc4Br)OCO5)nc2-3)CC1. The van der Waals surface area contributed by atoms with Crippen LogP contribution in [0.3, 0.4) is 0 Å². The molecular formula is C27H34BrN7O5S. The number of carbonyl (C=O) groups excluding carboxylic acids is 2. The molecule has 4 aliphatic heterocycles. The van der Waals surface area contributed by atoms with Gasteiger partial charge in [-0.25, -0.2) is 19.7 Å². The number of alkyl carbamates (subject to hydrolysis) is 1. The second-order valence-corrected chi connectivity index (χ2v) is 13.0. The Kier molecular flexibility index (Phi) is 8.50. The smallest absolute Gasteiger partial charge is 0.408 e. The molecule has 4 heterocycles. The number of benzene rings is 1. The van der Waals surface area contributed by atoms with E-state index in [-0.39, 0.29) is 12.7 Å². The quantitative estimate of drug-likeness (QED) is 0.374. The molecule has 0 aromatic heterocycles. The number of nitrogens with two attached hydrogens (primary N) is 1. The van der Waals surface area contributed by atoms with Gasteiger partial charge in [0.05, 0.1) is 6.33 Å². The highest BCUT2D eigenvalue weighted by molar-refractivity contribution is 9.10. The molecule has 0 unspecified atom stereocenters. The van der Waals surface area contributed by atoms with Gasteiger partial charge < -0.3 is 34.7 Å². The number of imidazole rings is 1. The van der Waals surface area contributed by atoms with E-state index in [9.17, 15) is 9.59 Å². The number of hydrogen-bond donors (Lipinski definition) is 2. The number of aryl methyl sites for hydroxylation is 1. The second-order valence-electron chi connectivity index (χ2n) is 11.2. The predicted octanol–water partition coefficient (Wildman–Crippen LogP) is 4.54. The van der Waals surface area contributed by atoms with Crippen LogP contribution in [0.5, 0.6) is 11.5 Å². The molecule has 3 N–H and O–H groups in total. The molecule has 0 bridgehead atoms. The summed E-state index contributed by atoms with van der Waals surface area (Å²) < 4.78 is 19.1. The number of hydrogen-bond acceptors (Lipinski definition) is 10. The first-order valence-corrected chi connectivity index (χ1v) is 15.1. The first kappa shape index (κ1) is 29.2. The number of carbonyl (C=O) groups is 2. The summed E-state index contributed by atoms with van der Waals surface area (Å²) in [6, 6.07) is 3.13. The molecule has 1 atom stereocenters. The zero-order valence-electron chi connectivity index (χ0n) is 23.5. The van der Waals surface area contributed by atoms with E-state index in [4.69, 9.17) is 24.9 Å². The fraction of sp³-hybridized carbons (Fsp3) is 0.519. The normalized spacial score (nSPS) is 16.2. The molecule has 14 heteroatoms. The van der Waals surface area contributed by atoms with Crippen LogP contribution in [0.2, 0.25) is 0 Å². The number of rotatable bonds is 7. The van der Waals surface area contributed by atoms with Crippen molar-refractivity contribution < 1.29 is 23.8 Å². The summed E-state index contributed by atoms with van der Waals surface area (Å²) in [4.78, 5) is 41.4. The number of piperidine rings is 1. The van der Waals surface area contributed by atoms with Crippen LogP contribution in [-0.2, 0) is 16.1 Å². The van der Waals surface area contributed by atoms with E-state index in [0.717, 1.165) is 28.6 Å². The highest BCUT2D eigenvalue weighted by atomic mass is 79.9. The summed E-state index contributed by atoms with van der Waals surface area (Å²) >= 11 is 5.00. The lowest BCUT2D eigenvalue weighted by atomic mass is 9.93. The van der Waals surface area contributed by atoms with Gasteiger partial charge in [-0.05, 0) is 92.7 Å². The molecule has 220 valence electrons. The summed E-state index contributed by atoms with van der Waals surface area (Å²) in [6.07, 6.45) is 3.78. The average molecular weight is 649 g/mol. The standard InChI is InChI=1S/C27H34BrN7O5S/c1-15(31-26(37)40-27(2,3)4)24(36)34-8-5-16(6-9-34)7-10-35-13-30-22(29)21-23(35)33-25(32-21)41-20-12-19-18(11-17(20)28)38-14-39-19/h11-13,15-16H,5-10,14,29H2,1-4H3,(H,31,37)/t15-/m0/s1. The van der Waals surface area contributed by atoms with Crippen LogP contribution < -0.4 is 20.5 Å². The third-order valence-corrected chi connectivity index (χ3v) is 8.75. The number of aromatic nitrogens is 4. The Bertz CT molecular complexity index is 1400. The van der Waals surface area contributed by atoms with Crippen molar-refractivity contribution >= 4 is 45.5 Å². The van der Waals surface area contributed by atoms with Crippen LogP contribution in [0.1, 0.15) is 47.0 Å². The molecule has 41 heavy (non-hydrogen) atoms. The molecule has 0 spiro atoms. The van der Waals surface area contributed by atoms with Crippen molar-refractivity contribution in [3.05, 3.63) is 22.9 Å². The highest BCUT2D eigenvalue weighted by Crippen LogP contribution is 2.43. The number of nitrogens with one attached hydrogen (secondary N) is 1. The molecule has 1 aromatic carbocycles. The molecule has 1 fully saturated rings. The Labute approximate surface area is 251 Å². The van der Waals surface area contributed by atoms with Crippen LogP contribution in [-0.4, -0.2) is 67.9 Å². The summed E-state index contributed by atoms with van der Waals surface area (Å²) in [5.74, 6) is 2.74. The average Bonchev–Trinajstić information content (AvgIpc) is 3.54. The van der Waals surface area contributed by atoms with Crippen molar-refractivity contribution in [3.63, 3.8) is 0 Å². The maximum Gasteiger partial charge on any atom is 0.408 e. The van der Waals surface area contributed by atoms with E-state index in [1.54, 1.807) is 34.0 Å². The molecule has 4 aliphatic rings. The summed E-state index contributed by atoms with van der Waals surface area (Å²) in [5, 5.41) is 3.21. The first-order valence-electron chi connectivity index (χ1n) is 13.5. The molecule has 1 saturated heterocycles. The van der Waals surface area contributed by atoms with Crippen LogP contribution in [0.15, 0.2) is 33.0 Å². The lowest BCUT2D eigenvalue weighted by Crippen LogP contribution is -2.50. The number of fused-ring (bicyclic) bond motifs is 2. The van der Waals surface area contributed by atoms with Crippen LogP contribution >= 0.6 is 27.7 Å². The molecule has 1 aromatic rings. The maximum absolute atomic E-state index is 12.9. The van der Waals surface area contributed by atoms with E-state index >= 15 is 0 Å². The number of nitrogens with zero attached hydrogens (tertiary/aromatic N) is 5. The molecular weight excluding hydrogens is 614 g/mol. The minimum absolute atomic E-state index is 0.0979. The van der Waals surface area contributed by atoms with Gasteiger partial charge >= 0.3 is 6.09 Å². The zero-order chi connectivity index (χ0) is 29.3. The number of likely N-dealkylation sites (tertiary alicyclic amines) is 1. The number of amides is 2. The summed E-state index contributed by atoms with van der Waals surface area (Å²) in [5.41, 5.74) is 6.10. The third-order valence-electron chi connectivity index (χ3n) is 6.91. The number of anilines is 1. The fourth-order valence-corrected chi connectivity index (χ4v) is 6.16. The second kappa shape index (κ2) is 11.9. The van der Waals surface area contributed by atoms with Crippen molar-refractivity contribution in [1.82, 2.24) is 29.7 Å². The topological polar surface area (TPSA) is 147 Å². The molecule has 0 saturated carbocycles. The Morgan fingerprint density at radius 3 is 2.63 bits per heavy atom. The van der Waals surface area contributed by atoms with E-state index in [1.165, 1.54) is 11.8 Å². The van der Waals surface area contributed by atoms with E-state index in [2.05, 4.69) is 31.2 Å². The van der Waals surface area contributed by atoms with Gasteiger partial charge in [0.15, 0.2) is 34.0 Å². The van der Waals surface area contributed by atoms with E-state index < -0.39 is 17.7 Å². The van der Waals surface area contributed by atoms with Gasteiger partial charge in [0.25, 0.3) is 0 Å². The van der Waals surface area contributed by atoms with Crippen molar-refractivity contribution in [2.75, 3.05) is 25.6 Å². The van der Waals surface area contributed by atoms with Crippen LogP contribution in [0.25, 0.3) is 11.5 Å². The Hall–Kier alpha value is -3.26. The number of ether oxygens (including phenoxy) is 3. The predicted molar refractivity (Wildman–Crippen MR) is 156 cm³/mol. The van der Waals surface area contributed by atoms with Gasteiger partial charge in [-0.2, -0.15) is 0 Å². The van der Waals surface area contributed by atoms with Gasteiger partial charge in [0.1, 0.15) is 11.6 Å². The van der Waals surface area contributed by atoms with Gasteiger partial charge in [0, 0.05) is 29.0 Å². The zero-order valence-corrected chi connectivity index (χ0v) is 25.9. The van der Waals surface area contributed by atoms with Gasteiger partial charge in [-0.1, -0.05) is 0 Å². The van der Waals surface area contributed by atoms with Crippen LogP contribution in [0, 0.1) is 5.92 Å². The fourth-order valence-electron chi connectivity index (χ4n) is 4.80. The lowest BCUT2D eigenvalue weighted by molar-refractivity contribution is -0.134. The Morgan fingerprint density at radius 1 is 1.22 bits per heavy atom. The lowest BCUT2D eigenvalue weighted by Gasteiger charge is -2.34. The highest BCUT2D eigenvalue weighted by Gasteiger charge is 2.29. The summed E-state index contributed by atoms with van der Waals surface area (Å²) in [7, 11) is 0. The molecule has 0 radical (unpaired) electrons. The van der Waals surface area contributed by atoms with E-state index in [0.29, 0.717) is 59.5 Å².